The van der Waals surface area contributed by atoms with Gasteiger partial charge in [-0.15, -0.1) is 0 Å². The summed E-state index contributed by atoms with van der Waals surface area (Å²) in [5.74, 6) is 3.42. The molecule has 11 rings (SSSR count). The van der Waals surface area contributed by atoms with Crippen molar-refractivity contribution in [3.05, 3.63) is 36.5 Å². The van der Waals surface area contributed by atoms with Gasteiger partial charge in [-0.2, -0.15) is 0 Å². The Morgan fingerprint density at radius 2 is 0.805 bits per heavy atom. The summed E-state index contributed by atoms with van der Waals surface area (Å²) >= 11 is 0. The topological polar surface area (TPSA) is 157 Å². The number of piperidine rings is 3. The van der Waals surface area contributed by atoms with Crippen molar-refractivity contribution in [3.8, 4) is 0 Å². The first-order chi connectivity index (χ1) is 41.0. The lowest BCUT2D eigenvalue weighted by atomic mass is 9.46. The number of nitrogens with zero attached hydrogens (tertiary/aromatic N) is 3. The van der Waals surface area contributed by atoms with Crippen LogP contribution in [0.25, 0.3) is 0 Å². The molecule has 0 bridgehead atoms. The van der Waals surface area contributed by atoms with Crippen LogP contribution in [0, 0.1) is 73.9 Å². The molecular formula is C74H133N3O10. The Bertz CT molecular complexity index is 2050. The third kappa shape index (κ3) is 15.9. The molecule has 87 heavy (non-hydrogen) atoms. The van der Waals surface area contributed by atoms with E-state index in [0.717, 1.165) is 162 Å². The van der Waals surface area contributed by atoms with E-state index >= 15 is 0 Å². The maximum atomic E-state index is 10.6. The zero-order valence-corrected chi connectivity index (χ0v) is 56.5. The van der Waals surface area contributed by atoms with Crippen molar-refractivity contribution in [2.45, 2.75) is 252 Å². The first kappa shape index (κ1) is 73.1. The number of rotatable bonds is 15. The van der Waals surface area contributed by atoms with Crippen molar-refractivity contribution in [1.29, 1.82) is 0 Å². The predicted octanol–water partition coefficient (Wildman–Crippen LogP) is 12.5. The summed E-state index contributed by atoms with van der Waals surface area (Å²) in [5, 5.41) is 48.3. The molecule has 0 aromatic carbocycles. The minimum absolute atomic E-state index is 0. The van der Waals surface area contributed by atoms with Crippen LogP contribution in [0.5, 0.6) is 0 Å². The second kappa shape index (κ2) is 31.8. The zero-order chi connectivity index (χ0) is 62.2. The maximum absolute atomic E-state index is 10.6. The molecule has 504 valence electrons. The van der Waals surface area contributed by atoms with E-state index in [1.807, 2.05) is 0 Å². The van der Waals surface area contributed by atoms with E-state index in [0.29, 0.717) is 71.3 Å². The summed E-state index contributed by atoms with van der Waals surface area (Å²) in [6.07, 6.45) is 28.8. The van der Waals surface area contributed by atoms with Crippen LogP contribution in [-0.4, -0.2) is 190 Å². The van der Waals surface area contributed by atoms with Crippen molar-refractivity contribution in [2.75, 3.05) is 107 Å². The number of allylic oxidation sites excluding steroid dienone is 3. The highest BCUT2D eigenvalue weighted by atomic mass is 16.7. The predicted molar refractivity (Wildman–Crippen MR) is 353 cm³/mol. The second-order valence-corrected chi connectivity index (χ2v) is 31.7. The number of hydrogen-bond acceptors (Lipinski definition) is 13. The van der Waals surface area contributed by atoms with Gasteiger partial charge in [-0.25, -0.2) is 0 Å². The van der Waals surface area contributed by atoms with Gasteiger partial charge >= 0.3 is 0 Å². The van der Waals surface area contributed by atoms with Gasteiger partial charge in [0.05, 0.1) is 56.4 Å². The fourth-order valence-electron chi connectivity index (χ4n) is 20.8. The fraction of sp³-hybridized carbons (Fsp3) is 0.919. The van der Waals surface area contributed by atoms with Crippen LogP contribution in [-0.2, 0) is 23.7 Å². The molecule has 13 nitrogen and oxygen atoms in total. The Kier molecular flexibility index (Phi) is 26.7. The van der Waals surface area contributed by atoms with E-state index in [1.165, 1.54) is 87.6 Å². The molecule has 11 aliphatic rings. The molecule has 0 radical (unpaired) electrons. The minimum atomic E-state index is -0.395. The van der Waals surface area contributed by atoms with E-state index in [-0.39, 0.29) is 54.0 Å². The van der Waals surface area contributed by atoms with Crippen molar-refractivity contribution in [1.82, 2.24) is 14.7 Å². The quantitative estimate of drug-likeness (QED) is 0.0988. The van der Waals surface area contributed by atoms with Crippen LogP contribution in [0.2, 0.25) is 0 Å². The third-order valence-corrected chi connectivity index (χ3v) is 26.6. The number of fused-ring (bicyclic) bond motifs is 5. The molecule has 7 aliphatic carbocycles. The molecule has 4 heterocycles. The van der Waals surface area contributed by atoms with Crippen LogP contribution in [0.15, 0.2) is 36.5 Å². The molecular weight excluding hydrogens is 1090 g/mol. The largest absolute Gasteiger partial charge is 0.400 e. The molecule has 4 saturated heterocycles. The van der Waals surface area contributed by atoms with Gasteiger partial charge in [-0.05, 0) is 221 Å². The van der Waals surface area contributed by atoms with Crippen molar-refractivity contribution >= 4 is 0 Å². The highest BCUT2D eigenvalue weighted by Gasteiger charge is 2.62. The molecule has 5 N–H and O–H groups in total. The van der Waals surface area contributed by atoms with Gasteiger partial charge in [-0.3, -0.25) is 0 Å². The third-order valence-electron chi connectivity index (χ3n) is 26.6. The van der Waals surface area contributed by atoms with Crippen molar-refractivity contribution in [2.24, 2.45) is 73.9 Å². The molecule has 0 aromatic rings. The van der Waals surface area contributed by atoms with E-state index < -0.39 is 12.2 Å². The summed E-state index contributed by atoms with van der Waals surface area (Å²) < 4.78 is 32.1. The van der Waals surface area contributed by atoms with E-state index in [1.54, 1.807) is 0 Å². The monoisotopic (exact) mass is 1220 g/mol. The molecule has 4 aliphatic heterocycles. The van der Waals surface area contributed by atoms with E-state index in [9.17, 15) is 20.4 Å². The summed E-state index contributed by atoms with van der Waals surface area (Å²) in [4.78, 5) is 7.16. The van der Waals surface area contributed by atoms with Crippen LogP contribution in [0.4, 0.5) is 0 Å². The number of aliphatic hydroxyl groups is 5. The summed E-state index contributed by atoms with van der Waals surface area (Å²) in [7, 11) is 7.58. The number of aliphatic hydroxyl groups excluding tert-OH is 5. The standard InChI is InChI=1S/C28H47NO3.2C22H39NO3.CH4O.CH4/c1-20-9-10-24-27(2,23(20)14-18-30-22-12-16-29(4)17-13-22)15-11-25-28(24,3)19-31-26(32-25)21-7-5-6-8-21;2*1-16-5-6-19-21(2,11-7-20(25)22(19,3)15-24)18(16)10-14-26-17-8-12-23(4)13-9-17;1-2;/h21-26H,1,5-19H2,2-4H3;2*17-20,24-25H,1,5-15H2,2-4H3;2H,1H3;1H4/t23-,24?,25-,26-,27+,28+;2*18-,19?,20-,21+,22+;;/m111../s1. The van der Waals surface area contributed by atoms with Gasteiger partial charge < -0.3 is 63.9 Å². The average molecular weight is 1220 g/mol. The Morgan fingerprint density at radius 1 is 0.471 bits per heavy atom. The maximum Gasteiger partial charge on any atom is 0.160 e. The lowest BCUT2D eigenvalue weighted by molar-refractivity contribution is -0.316. The first-order valence-corrected chi connectivity index (χ1v) is 35.3. The second-order valence-electron chi connectivity index (χ2n) is 31.7. The summed E-state index contributed by atoms with van der Waals surface area (Å²) in [6, 6.07) is 0. The van der Waals surface area contributed by atoms with E-state index in [4.69, 9.17) is 28.8 Å². The molecule has 3 unspecified atom stereocenters. The lowest BCUT2D eigenvalue weighted by Gasteiger charge is -2.63. The number of likely N-dealkylation sites (tertiary alicyclic amines) is 3. The Hall–Kier alpha value is -1.30. The van der Waals surface area contributed by atoms with Crippen LogP contribution in [0.1, 0.15) is 209 Å². The molecule has 7 saturated carbocycles. The van der Waals surface area contributed by atoms with Gasteiger partial charge in [-0.1, -0.05) is 98.3 Å². The Balaban J connectivity index is 0.000000184. The van der Waals surface area contributed by atoms with Crippen molar-refractivity contribution in [3.63, 3.8) is 0 Å². The summed E-state index contributed by atoms with van der Waals surface area (Å²) in [5.41, 5.74) is 4.06. The summed E-state index contributed by atoms with van der Waals surface area (Å²) in [6.45, 7) is 37.7. The van der Waals surface area contributed by atoms with Crippen LogP contribution >= 0.6 is 0 Å². The van der Waals surface area contributed by atoms with E-state index in [2.05, 4.69) is 97.1 Å². The normalized spacial score (nSPS) is 41.9. The number of ether oxygens (including phenoxy) is 5. The van der Waals surface area contributed by atoms with Gasteiger partial charge in [0, 0.05) is 88.4 Å². The molecule has 13 heteroatoms. The lowest BCUT2D eigenvalue weighted by Crippen LogP contribution is -2.62. The van der Waals surface area contributed by atoms with Gasteiger partial charge in [0.25, 0.3) is 0 Å². The highest BCUT2D eigenvalue weighted by Crippen LogP contribution is 2.65. The molecule has 16 atom stereocenters. The van der Waals surface area contributed by atoms with Crippen LogP contribution < -0.4 is 0 Å². The first-order valence-electron chi connectivity index (χ1n) is 35.3. The Morgan fingerprint density at radius 3 is 1.16 bits per heavy atom. The molecule has 0 spiro atoms. The highest BCUT2D eigenvalue weighted by molar-refractivity contribution is 5.20. The molecule has 0 aromatic heterocycles. The van der Waals surface area contributed by atoms with Gasteiger partial charge in [0.1, 0.15) is 0 Å². The fourth-order valence-corrected chi connectivity index (χ4v) is 20.8. The SMILES string of the molecule is C.C=C1CCC2[C@](C)(CO)[C@H](O)CC[C@@]2(C)[C@@H]1CCOC1CCN(C)CC1.C=C1CCC2[C@](C)(CO)[C@H](O)CC[C@@]2(C)[C@@H]1CCOC1CCN(C)CC1.C=C1CCC2[C@]3(C)CO[C@@H](C4CCCC4)O[C@@H]3CC[C@@]2(C)[C@@H]1CCOC1CCN(C)CC1.CO. The smallest absolute Gasteiger partial charge is 0.160 e. The molecule has 0 amide bonds. The Labute approximate surface area is 531 Å². The molecule has 11 fully saturated rings. The van der Waals surface area contributed by atoms with Crippen molar-refractivity contribution < 1.29 is 49.2 Å². The number of hydrogen-bond donors (Lipinski definition) is 5. The minimum Gasteiger partial charge on any atom is -0.400 e. The van der Waals surface area contributed by atoms with Gasteiger partial charge in [0.2, 0.25) is 0 Å². The van der Waals surface area contributed by atoms with Gasteiger partial charge in [0.15, 0.2) is 6.29 Å². The zero-order valence-electron chi connectivity index (χ0n) is 56.5. The van der Waals surface area contributed by atoms with Crippen LogP contribution in [0.3, 0.4) is 0 Å². The average Bonchev–Trinajstić information content (AvgIpc) is 0.860.